The molecule has 3 rings (SSSR count). The van der Waals surface area contributed by atoms with Gasteiger partial charge in [0, 0.05) is 12.2 Å². The van der Waals surface area contributed by atoms with E-state index in [9.17, 15) is 5.11 Å². The van der Waals surface area contributed by atoms with Gasteiger partial charge >= 0.3 is 0 Å². The van der Waals surface area contributed by atoms with Crippen molar-refractivity contribution in [2.45, 2.75) is 20.1 Å². The molecule has 0 spiro atoms. The highest BCUT2D eigenvalue weighted by molar-refractivity contribution is 6.37. The minimum absolute atomic E-state index is 0.106. The summed E-state index contributed by atoms with van der Waals surface area (Å²) < 4.78 is 5.88. The van der Waals surface area contributed by atoms with Crippen LogP contribution in [-0.2, 0) is 13.2 Å². The van der Waals surface area contributed by atoms with Crippen molar-refractivity contribution in [2.75, 3.05) is 5.32 Å². The zero-order valence-electron chi connectivity index (χ0n) is 14.3. The molecule has 134 valence electrons. The quantitative estimate of drug-likeness (QED) is 0.494. The van der Waals surface area contributed by atoms with Crippen molar-refractivity contribution in [3.8, 4) is 11.5 Å². The summed E-state index contributed by atoms with van der Waals surface area (Å²) in [5.74, 6) is 0.706. The van der Waals surface area contributed by atoms with E-state index in [0.717, 1.165) is 22.6 Å². The molecule has 3 aromatic carbocycles. The fraction of sp³-hybridized carbons (Fsp3) is 0.143. The summed E-state index contributed by atoms with van der Waals surface area (Å²) in [6.07, 6.45) is 0. The molecule has 0 atom stereocenters. The first-order chi connectivity index (χ1) is 12.5. The van der Waals surface area contributed by atoms with E-state index in [2.05, 4.69) is 36.5 Å². The summed E-state index contributed by atoms with van der Waals surface area (Å²) in [7, 11) is 0. The summed E-state index contributed by atoms with van der Waals surface area (Å²) in [4.78, 5) is 0. The molecule has 3 aromatic rings. The second-order valence-electron chi connectivity index (χ2n) is 6.06. The number of benzene rings is 3. The molecular formula is C21H19Cl2NO2. The number of rotatable bonds is 6. The fourth-order valence-corrected chi connectivity index (χ4v) is 2.95. The predicted molar refractivity (Wildman–Crippen MR) is 107 cm³/mol. The van der Waals surface area contributed by atoms with E-state index in [0.29, 0.717) is 13.2 Å². The third kappa shape index (κ3) is 4.84. The number of phenols is 1. The van der Waals surface area contributed by atoms with E-state index in [1.807, 2.05) is 24.3 Å². The van der Waals surface area contributed by atoms with Crippen LogP contribution >= 0.6 is 23.2 Å². The average Bonchev–Trinajstić information content (AvgIpc) is 2.64. The normalized spacial score (nSPS) is 10.6. The summed E-state index contributed by atoms with van der Waals surface area (Å²) in [5, 5.41) is 13.3. The molecule has 0 heterocycles. The van der Waals surface area contributed by atoms with Crippen LogP contribution in [0.1, 0.15) is 16.7 Å². The van der Waals surface area contributed by atoms with Gasteiger partial charge < -0.3 is 15.2 Å². The third-order valence-corrected chi connectivity index (χ3v) is 4.51. The number of hydrogen-bond donors (Lipinski definition) is 2. The number of ether oxygens (including phenoxy) is 1. The summed E-state index contributed by atoms with van der Waals surface area (Å²) in [6.45, 7) is 3.18. The Hall–Kier alpha value is -2.36. The SMILES string of the molecule is Cc1ccc(COc2cccc(CNc3cc(Cl)c(O)c(Cl)c3)c2)cc1. The minimum atomic E-state index is -0.106. The third-order valence-electron chi connectivity index (χ3n) is 3.94. The van der Waals surface area contributed by atoms with E-state index in [1.54, 1.807) is 12.1 Å². The van der Waals surface area contributed by atoms with Crippen molar-refractivity contribution >= 4 is 28.9 Å². The molecule has 0 aliphatic carbocycles. The van der Waals surface area contributed by atoms with Gasteiger partial charge in [-0.1, -0.05) is 65.2 Å². The number of anilines is 1. The van der Waals surface area contributed by atoms with Crippen LogP contribution in [0.25, 0.3) is 0 Å². The Morgan fingerprint density at radius 1 is 0.923 bits per heavy atom. The monoisotopic (exact) mass is 387 g/mol. The van der Waals surface area contributed by atoms with Crippen LogP contribution in [0.15, 0.2) is 60.7 Å². The van der Waals surface area contributed by atoms with Crippen molar-refractivity contribution in [3.63, 3.8) is 0 Å². The lowest BCUT2D eigenvalue weighted by Crippen LogP contribution is -2.01. The molecule has 0 unspecified atom stereocenters. The van der Waals surface area contributed by atoms with Gasteiger partial charge in [0.2, 0.25) is 0 Å². The first kappa shape index (κ1) is 18.4. The molecule has 0 fully saturated rings. The number of aryl methyl sites for hydroxylation is 1. The molecule has 0 bridgehead atoms. The molecule has 26 heavy (non-hydrogen) atoms. The van der Waals surface area contributed by atoms with Crippen LogP contribution in [0.5, 0.6) is 11.5 Å². The summed E-state index contributed by atoms with van der Waals surface area (Å²) in [5.41, 5.74) is 4.17. The number of hydrogen-bond acceptors (Lipinski definition) is 3. The van der Waals surface area contributed by atoms with Gasteiger partial charge in [0.25, 0.3) is 0 Å². The largest absolute Gasteiger partial charge is 0.505 e. The van der Waals surface area contributed by atoms with E-state index in [1.165, 1.54) is 5.56 Å². The molecule has 0 saturated heterocycles. The fourth-order valence-electron chi connectivity index (χ4n) is 2.47. The number of phenolic OH excluding ortho intramolecular Hbond substituents is 1. The van der Waals surface area contributed by atoms with Crippen LogP contribution < -0.4 is 10.1 Å². The van der Waals surface area contributed by atoms with Gasteiger partial charge in [-0.2, -0.15) is 0 Å². The van der Waals surface area contributed by atoms with Crippen molar-refractivity contribution in [2.24, 2.45) is 0 Å². The zero-order chi connectivity index (χ0) is 18.5. The van der Waals surface area contributed by atoms with E-state index in [4.69, 9.17) is 27.9 Å². The second kappa shape index (κ2) is 8.35. The van der Waals surface area contributed by atoms with Gasteiger partial charge in [-0.15, -0.1) is 0 Å². The number of aromatic hydroxyl groups is 1. The van der Waals surface area contributed by atoms with E-state index < -0.39 is 0 Å². The van der Waals surface area contributed by atoms with Crippen LogP contribution in [0.2, 0.25) is 10.0 Å². The lowest BCUT2D eigenvalue weighted by molar-refractivity contribution is 0.306. The smallest absolute Gasteiger partial charge is 0.152 e. The van der Waals surface area contributed by atoms with Crippen LogP contribution in [-0.4, -0.2) is 5.11 Å². The molecule has 3 nitrogen and oxygen atoms in total. The number of halogens is 2. The first-order valence-electron chi connectivity index (χ1n) is 8.20. The lowest BCUT2D eigenvalue weighted by atomic mass is 10.1. The zero-order valence-corrected chi connectivity index (χ0v) is 15.8. The maximum atomic E-state index is 9.61. The Morgan fingerprint density at radius 2 is 1.62 bits per heavy atom. The maximum absolute atomic E-state index is 9.61. The Bertz CT molecular complexity index is 872. The topological polar surface area (TPSA) is 41.5 Å². The van der Waals surface area contributed by atoms with Gasteiger partial charge in [0.15, 0.2) is 5.75 Å². The molecule has 5 heteroatoms. The molecule has 0 saturated carbocycles. The lowest BCUT2D eigenvalue weighted by Gasteiger charge is -2.11. The Labute approximate surface area is 163 Å². The molecule has 0 aromatic heterocycles. The molecule has 0 amide bonds. The Balaban J connectivity index is 1.61. The first-order valence-corrected chi connectivity index (χ1v) is 8.96. The highest BCUT2D eigenvalue weighted by Gasteiger charge is 2.06. The maximum Gasteiger partial charge on any atom is 0.152 e. The molecule has 0 aliphatic rings. The molecule has 0 aliphatic heterocycles. The highest BCUT2D eigenvalue weighted by Crippen LogP contribution is 2.34. The summed E-state index contributed by atoms with van der Waals surface area (Å²) in [6, 6.07) is 19.5. The van der Waals surface area contributed by atoms with E-state index in [-0.39, 0.29) is 15.8 Å². The van der Waals surface area contributed by atoms with Crippen molar-refractivity contribution in [3.05, 3.63) is 87.4 Å². The van der Waals surface area contributed by atoms with Crippen LogP contribution in [0.3, 0.4) is 0 Å². The minimum Gasteiger partial charge on any atom is -0.505 e. The van der Waals surface area contributed by atoms with Gasteiger partial charge in [-0.3, -0.25) is 0 Å². The second-order valence-corrected chi connectivity index (χ2v) is 6.88. The van der Waals surface area contributed by atoms with Crippen LogP contribution in [0.4, 0.5) is 5.69 Å². The summed E-state index contributed by atoms with van der Waals surface area (Å²) >= 11 is 11.9. The van der Waals surface area contributed by atoms with Gasteiger partial charge in [0.05, 0.1) is 10.0 Å². The van der Waals surface area contributed by atoms with Crippen molar-refractivity contribution in [1.82, 2.24) is 0 Å². The molecule has 0 radical (unpaired) electrons. The molecular weight excluding hydrogens is 369 g/mol. The number of nitrogens with one attached hydrogen (secondary N) is 1. The highest BCUT2D eigenvalue weighted by atomic mass is 35.5. The van der Waals surface area contributed by atoms with Crippen molar-refractivity contribution in [1.29, 1.82) is 0 Å². The van der Waals surface area contributed by atoms with Gasteiger partial charge in [-0.25, -0.2) is 0 Å². The van der Waals surface area contributed by atoms with Gasteiger partial charge in [-0.05, 0) is 42.3 Å². The predicted octanol–water partition coefficient (Wildman–Crippen LogP) is 6.20. The Kier molecular flexibility index (Phi) is 5.92. The standard InChI is InChI=1S/C21H19Cl2NO2/c1-14-5-7-15(8-6-14)13-26-18-4-2-3-16(9-18)12-24-17-10-19(22)21(25)20(23)11-17/h2-11,24-25H,12-13H2,1H3. The molecule has 2 N–H and O–H groups in total. The Morgan fingerprint density at radius 3 is 2.31 bits per heavy atom. The van der Waals surface area contributed by atoms with Crippen molar-refractivity contribution < 1.29 is 9.84 Å². The van der Waals surface area contributed by atoms with E-state index >= 15 is 0 Å². The average molecular weight is 388 g/mol. The van der Waals surface area contributed by atoms with Gasteiger partial charge in [0.1, 0.15) is 12.4 Å². The van der Waals surface area contributed by atoms with Crippen LogP contribution in [0, 0.1) is 6.92 Å².